The van der Waals surface area contributed by atoms with E-state index in [-0.39, 0.29) is 6.29 Å². The highest BCUT2D eigenvalue weighted by Gasteiger charge is 2.12. The summed E-state index contributed by atoms with van der Waals surface area (Å²) in [5.41, 5.74) is 5.99. The van der Waals surface area contributed by atoms with Gasteiger partial charge in [0.25, 0.3) is 0 Å². The molecule has 1 aromatic heterocycles. The Bertz CT molecular complexity index is 890. The number of benzene rings is 2. The van der Waals surface area contributed by atoms with E-state index >= 15 is 0 Å². The molecular formula is C21H26N2O2. The van der Waals surface area contributed by atoms with E-state index < -0.39 is 0 Å². The van der Waals surface area contributed by atoms with Gasteiger partial charge in [-0.25, -0.2) is 0 Å². The molecule has 132 valence electrons. The van der Waals surface area contributed by atoms with Crippen molar-refractivity contribution in [3.05, 3.63) is 47.0 Å². The Hall–Kier alpha value is -2.17. The minimum Gasteiger partial charge on any atom is -0.354 e. The number of hydrogen-bond donors (Lipinski definition) is 1. The summed E-state index contributed by atoms with van der Waals surface area (Å²) in [5, 5.41) is 2.54. The Morgan fingerprint density at radius 1 is 1.12 bits per heavy atom. The topological polar surface area (TPSA) is 46.6 Å². The Balaban J connectivity index is 1.95. The van der Waals surface area contributed by atoms with Gasteiger partial charge in [0.1, 0.15) is 0 Å². The summed E-state index contributed by atoms with van der Waals surface area (Å²) in [5.74, 6) is 0. The van der Waals surface area contributed by atoms with Crippen LogP contribution in [-0.2, 0) is 9.47 Å². The standard InChI is InChI=1S/C21H26N2O2/c1-5-24-19(25-6-2)13-22-12-16-11-14(3)21-20(15(16)4)17-9-7-8-10-18(17)23-21/h7-12,19,23H,5-6,13H2,1-4H3/b22-12-. The first-order chi connectivity index (χ1) is 12.2. The first-order valence-corrected chi connectivity index (χ1v) is 8.89. The summed E-state index contributed by atoms with van der Waals surface area (Å²) in [4.78, 5) is 8.10. The van der Waals surface area contributed by atoms with E-state index in [0.29, 0.717) is 19.8 Å². The van der Waals surface area contributed by atoms with Crippen LogP contribution in [0.25, 0.3) is 21.8 Å². The van der Waals surface area contributed by atoms with Gasteiger partial charge in [0.2, 0.25) is 0 Å². The van der Waals surface area contributed by atoms with Crippen LogP contribution in [0.2, 0.25) is 0 Å². The summed E-state index contributed by atoms with van der Waals surface area (Å²) >= 11 is 0. The van der Waals surface area contributed by atoms with Gasteiger partial charge in [-0.3, -0.25) is 4.99 Å². The molecule has 2 aromatic carbocycles. The molecule has 0 saturated heterocycles. The Labute approximate surface area is 148 Å². The van der Waals surface area contributed by atoms with Gasteiger partial charge in [-0.2, -0.15) is 0 Å². The highest BCUT2D eigenvalue weighted by Crippen LogP contribution is 2.31. The van der Waals surface area contributed by atoms with Gasteiger partial charge in [0.05, 0.1) is 6.54 Å². The van der Waals surface area contributed by atoms with E-state index in [1.54, 1.807) is 0 Å². The maximum absolute atomic E-state index is 5.55. The zero-order valence-electron chi connectivity index (χ0n) is 15.4. The van der Waals surface area contributed by atoms with Gasteiger partial charge in [-0.1, -0.05) is 18.2 Å². The van der Waals surface area contributed by atoms with E-state index in [0.717, 1.165) is 5.56 Å². The smallest absolute Gasteiger partial charge is 0.176 e. The van der Waals surface area contributed by atoms with Crippen molar-refractivity contribution in [1.82, 2.24) is 4.98 Å². The van der Waals surface area contributed by atoms with E-state index in [2.05, 4.69) is 54.2 Å². The second kappa shape index (κ2) is 7.81. The largest absolute Gasteiger partial charge is 0.354 e. The third-order valence-corrected chi connectivity index (χ3v) is 4.47. The van der Waals surface area contributed by atoms with Crippen molar-refractivity contribution in [2.75, 3.05) is 19.8 Å². The molecule has 0 aliphatic heterocycles. The molecule has 4 nitrogen and oxygen atoms in total. The second-order valence-corrected chi connectivity index (χ2v) is 6.16. The molecule has 0 radical (unpaired) electrons. The lowest BCUT2D eigenvalue weighted by molar-refractivity contribution is -0.128. The summed E-state index contributed by atoms with van der Waals surface area (Å²) in [6.45, 7) is 9.98. The first-order valence-electron chi connectivity index (χ1n) is 8.89. The van der Waals surface area contributed by atoms with Crippen LogP contribution in [0.3, 0.4) is 0 Å². The fourth-order valence-electron chi connectivity index (χ4n) is 3.28. The Morgan fingerprint density at radius 3 is 2.56 bits per heavy atom. The zero-order valence-corrected chi connectivity index (χ0v) is 15.4. The van der Waals surface area contributed by atoms with Gasteiger partial charge in [0, 0.05) is 41.2 Å². The molecule has 0 unspecified atom stereocenters. The molecule has 0 aliphatic rings. The number of H-pyrrole nitrogens is 1. The minimum absolute atomic E-state index is 0.274. The molecule has 0 bridgehead atoms. The van der Waals surface area contributed by atoms with Gasteiger partial charge >= 0.3 is 0 Å². The molecule has 1 N–H and O–H groups in total. The maximum Gasteiger partial charge on any atom is 0.176 e. The molecule has 0 saturated carbocycles. The quantitative estimate of drug-likeness (QED) is 0.499. The lowest BCUT2D eigenvalue weighted by atomic mass is 9.99. The molecule has 25 heavy (non-hydrogen) atoms. The average molecular weight is 338 g/mol. The van der Waals surface area contributed by atoms with E-state index in [4.69, 9.17) is 9.47 Å². The number of ether oxygens (including phenoxy) is 2. The number of hydrogen-bond acceptors (Lipinski definition) is 3. The molecular weight excluding hydrogens is 312 g/mol. The van der Waals surface area contributed by atoms with Crippen molar-refractivity contribution in [3.8, 4) is 0 Å². The molecule has 0 spiro atoms. The van der Waals surface area contributed by atoms with Crippen LogP contribution in [0.4, 0.5) is 0 Å². The van der Waals surface area contributed by atoms with Gasteiger partial charge in [-0.15, -0.1) is 0 Å². The Morgan fingerprint density at radius 2 is 1.84 bits per heavy atom. The molecule has 0 fully saturated rings. The number of nitrogens with zero attached hydrogens (tertiary/aromatic N) is 1. The summed E-state index contributed by atoms with van der Waals surface area (Å²) in [6.07, 6.45) is 1.67. The number of aryl methyl sites for hydroxylation is 2. The van der Waals surface area contributed by atoms with Crippen LogP contribution in [-0.4, -0.2) is 37.2 Å². The van der Waals surface area contributed by atoms with Crippen LogP contribution in [0.15, 0.2) is 35.3 Å². The number of rotatable bonds is 7. The Kier molecular flexibility index (Phi) is 5.51. The maximum atomic E-state index is 5.55. The molecule has 3 aromatic rings. The van der Waals surface area contributed by atoms with Crippen LogP contribution in [0.1, 0.15) is 30.5 Å². The SMILES string of the molecule is CCOC(C/N=C\c1cc(C)c2[nH]c3ccccc3c2c1C)OCC. The highest BCUT2D eigenvalue weighted by atomic mass is 16.7. The molecule has 3 rings (SSSR count). The molecule has 0 aliphatic carbocycles. The third-order valence-electron chi connectivity index (χ3n) is 4.47. The monoisotopic (exact) mass is 338 g/mol. The van der Waals surface area contributed by atoms with Crippen LogP contribution >= 0.6 is 0 Å². The van der Waals surface area contributed by atoms with Crippen molar-refractivity contribution < 1.29 is 9.47 Å². The third kappa shape index (κ3) is 3.60. The first kappa shape index (κ1) is 17.6. The van der Waals surface area contributed by atoms with Gasteiger partial charge < -0.3 is 14.5 Å². The predicted octanol–water partition coefficient (Wildman–Crippen LogP) is 4.76. The zero-order chi connectivity index (χ0) is 17.8. The van der Waals surface area contributed by atoms with Crippen molar-refractivity contribution in [1.29, 1.82) is 0 Å². The van der Waals surface area contributed by atoms with Crippen LogP contribution in [0, 0.1) is 13.8 Å². The molecule has 0 amide bonds. The van der Waals surface area contributed by atoms with Gasteiger partial charge in [-0.05, 0) is 56.5 Å². The summed E-state index contributed by atoms with van der Waals surface area (Å²) in [6, 6.07) is 10.6. The fraction of sp³-hybridized carbons (Fsp3) is 0.381. The average Bonchev–Trinajstić information content (AvgIpc) is 3.00. The molecule has 1 heterocycles. The highest BCUT2D eigenvalue weighted by molar-refractivity contribution is 6.11. The minimum atomic E-state index is -0.274. The predicted molar refractivity (Wildman–Crippen MR) is 105 cm³/mol. The van der Waals surface area contributed by atoms with Crippen molar-refractivity contribution in [2.45, 2.75) is 34.0 Å². The number of aliphatic imine (C=N–C) groups is 1. The van der Waals surface area contributed by atoms with Gasteiger partial charge in [0.15, 0.2) is 6.29 Å². The number of nitrogens with one attached hydrogen (secondary N) is 1. The summed E-state index contributed by atoms with van der Waals surface area (Å²) < 4.78 is 11.1. The molecule has 4 heteroatoms. The van der Waals surface area contributed by atoms with Crippen molar-refractivity contribution in [3.63, 3.8) is 0 Å². The summed E-state index contributed by atoms with van der Waals surface area (Å²) in [7, 11) is 0. The van der Waals surface area contributed by atoms with Crippen LogP contribution < -0.4 is 0 Å². The van der Waals surface area contributed by atoms with E-state index in [1.807, 2.05) is 20.1 Å². The number of para-hydroxylation sites is 1. The fourth-order valence-corrected chi connectivity index (χ4v) is 3.28. The van der Waals surface area contributed by atoms with E-state index in [1.165, 1.54) is 32.9 Å². The van der Waals surface area contributed by atoms with E-state index in [9.17, 15) is 0 Å². The number of aromatic nitrogens is 1. The van der Waals surface area contributed by atoms with Crippen molar-refractivity contribution >= 4 is 28.0 Å². The number of aromatic amines is 1. The van der Waals surface area contributed by atoms with Crippen LogP contribution in [0.5, 0.6) is 0 Å². The lowest BCUT2D eigenvalue weighted by Gasteiger charge is -2.14. The molecule has 0 atom stereocenters. The van der Waals surface area contributed by atoms with Crippen molar-refractivity contribution in [2.24, 2.45) is 4.99 Å². The normalized spacial score (nSPS) is 12.2. The number of fused-ring (bicyclic) bond motifs is 3. The lowest BCUT2D eigenvalue weighted by Crippen LogP contribution is -2.20. The second-order valence-electron chi connectivity index (χ2n) is 6.16.